The minimum Gasteiger partial charge on any atom is -0.336 e. The standard InChI is InChI=1S/C10H16N6/c1-9(7-16-4-3-11-8-16)12-5-10-6-13-14-15(10)2/h3-4,6,8-9,12H,5,7H2,1-2H3. The highest BCUT2D eigenvalue weighted by Crippen LogP contribution is 1.96. The van der Waals surface area contributed by atoms with Gasteiger partial charge in [-0.05, 0) is 6.92 Å². The van der Waals surface area contributed by atoms with Gasteiger partial charge in [0.25, 0.3) is 0 Å². The van der Waals surface area contributed by atoms with Crippen molar-refractivity contribution in [1.82, 2.24) is 29.9 Å². The second kappa shape index (κ2) is 4.89. The number of hydrogen-bond acceptors (Lipinski definition) is 4. The molecule has 0 amide bonds. The molecular weight excluding hydrogens is 204 g/mol. The van der Waals surface area contributed by atoms with Crippen LogP contribution in [0.15, 0.2) is 24.9 Å². The van der Waals surface area contributed by atoms with E-state index in [9.17, 15) is 0 Å². The maximum absolute atomic E-state index is 4.01. The van der Waals surface area contributed by atoms with Gasteiger partial charge < -0.3 is 9.88 Å². The van der Waals surface area contributed by atoms with Gasteiger partial charge in [0, 0.05) is 38.6 Å². The third kappa shape index (κ3) is 2.66. The molecule has 1 atom stereocenters. The molecule has 2 aromatic rings. The number of rotatable bonds is 5. The Morgan fingerprint density at radius 3 is 3.00 bits per heavy atom. The third-order valence-corrected chi connectivity index (χ3v) is 2.48. The smallest absolute Gasteiger partial charge is 0.0946 e. The van der Waals surface area contributed by atoms with E-state index in [0.717, 1.165) is 18.8 Å². The fraction of sp³-hybridized carbons (Fsp3) is 0.500. The topological polar surface area (TPSA) is 60.6 Å². The molecule has 0 radical (unpaired) electrons. The van der Waals surface area contributed by atoms with Gasteiger partial charge in [-0.1, -0.05) is 5.21 Å². The summed E-state index contributed by atoms with van der Waals surface area (Å²) in [5.74, 6) is 0. The molecule has 0 aromatic carbocycles. The Kier molecular flexibility index (Phi) is 3.31. The van der Waals surface area contributed by atoms with Crippen molar-refractivity contribution in [2.24, 2.45) is 7.05 Å². The predicted molar refractivity (Wildman–Crippen MR) is 59.5 cm³/mol. The summed E-state index contributed by atoms with van der Waals surface area (Å²) in [5.41, 5.74) is 1.08. The molecule has 0 bridgehead atoms. The number of nitrogens with one attached hydrogen (secondary N) is 1. The highest BCUT2D eigenvalue weighted by atomic mass is 15.4. The van der Waals surface area contributed by atoms with Gasteiger partial charge in [-0.2, -0.15) is 0 Å². The van der Waals surface area contributed by atoms with Crippen LogP contribution < -0.4 is 5.32 Å². The fourth-order valence-corrected chi connectivity index (χ4v) is 1.53. The largest absolute Gasteiger partial charge is 0.336 e. The number of aromatic nitrogens is 5. The molecule has 2 aromatic heterocycles. The lowest BCUT2D eigenvalue weighted by Crippen LogP contribution is -2.30. The van der Waals surface area contributed by atoms with Gasteiger partial charge in [-0.15, -0.1) is 5.10 Å². The van der Waals surface area contributed by atoms with Crippen LogP contribution >= 0.6 is 0 Å². The minimum atomic E-state index is 0.379. The molecule has 0 saturated heterocycles. The van der Waals surface area contributed by atoms with Crippen LogP contribution in [0.3, 0.4) is 0 Å². The van der Waals surface area contributed by atoms with E-state index in [1.165, 1.54) is 0 Å². The van der Waals surface area contributed by atoms with Crippen molar-refractivity contribution >= 4 is 0 Å². The lowest BCUT2D eigenvalue weighted by atomic mass is 10.3. The number of hydrogen-bond donors (Lipinski definition) is 1. The van der Waals surface area contributed by atoms with Crippen LogP contribution in [0, 0.1) is 0 Å². The van der Waals surface area contributed by atoms with Crippen LogP contribution in [0.4, 0.5) is 0 Å². The predicted octanol–water partition coefficient (Wildman–Crippen LogP) is 0.190. The van der Waals surface area contributed by atoms with Gasteiger partial charge in [-0.3, -0.25) is 4.68 Å². The Morgan fingerprint density at radius 2 is 2.38 bits per heavy atom. The summed E-state index contributed by atoms with van der Waals surface area (Å²) in [7, 11) is 1.89. The van der Waals surface area contributed by atoms with Gasteiger partial charge >= 0.3 is 0 Å². The van der Waals surface area contributed by atoms with Crippen molar-refractivity contribution in [3.63, 3.8) is 0 Å². The summed E-state index contributed by atoms with van der Waals surface area (Å²) in [5, 5.41) is 11.1. The van der Waals surface area contributed by atoms with Crippen molar-refractivity contribution in [3.8, 4) is 0 Å². The first-order valence-electron chi connectivity index (χ1n) is 5.28. The first-order valence-corrected chi connectivity index (χ1v) is 5.28. The lowest BCUT2D eigenvalue weighted by Gasteiger charge is -2.13. The highest BCUT2D eigenvalue weighted by Gasteiger charge is 2.04. The average Bonchev–Trinajstić information content (AvgIpc) is 2.87. The molecule has 2 rings (SSSR count). The maximum atomic E-state index is 4.01. The molecule has 1 unspecified atom stereocenters. The molecule has 1 N–H and O–H groups in total. The molecule has 0 fully saturated rings. The first kappa shape index (κ1) is 10.8. The average molecular weight is 220 g/mol. The van der Waals surface area contributed by atoms with Crippen LogP contribution in [0.1, 0.15) is 12.6 Å². The van der Waals surface area contributed by atoms with Crippen LogP contribution in [0.25, 0.3) is 0 Å². The quantitative estimate of drug-likeness (QED) is 0.781. The molecule has 0 aliphatic carbocycles. The van der Waals surface area contributed by atoms with Gasteiger partial charge in [0.2, 0.25) is 0 Å². The zero-order valence-corrected chi connectivity index (χ0v) is 9.54. The Bertz CT molecular complexity index is 418. The molecule has 0 aliphatic rings. The van der Waals surface area contributed by atoms with E-state index >= 15 is 0 Å². The summed E-state index contributed by atoms with van der Waals surface area (Å²) in [6, 6.07) is 0.379. The Labute approximate surface area is 94.3 Å². The highest BCUT2D eigenvalue weighted by molar-refractivity contribution is 4.92. The monoisotopic (exact) mass is 220 g/mol. The van der Waals surface area contributed by atoms with Crippen LogP contribution in [-0.4, -0.2) is 30.6 Å². The van der Waals surface area contributed by atoms with E-state index in [0.29, 0.717) is 6.04 Å². The van der Waals surface area contributed by atoms with Crippen molar-refractivity contribution in [1.29, 1.82) is 0 Å². The van der Waals surface area contributed by atoms with E-state index in [2.05, 4.69) is 32.1 Å². The van der Waals surface area contributed by atoms with Gasteiger partial charge in [-0.25, -0.2) is 4.98 Å². The van der Waals surface area contributed by atoms with Crippen LogP contribution in [0.5, 0.6) is 0 Å². The maximum Gasteiger partial charge on any atom is 0.0946 e. The van der Waals surface area contributed by atoms with E-state index in [-0.39, 0.29) is 0 Å². The Hall–Kier alpha value is -1.69. The zero-order valence-electron chi connectivity index (χ0n) is 9.54. The summed E-state index contributed by atoms with van der Waals surface area (Å²) in [6.07, 6.45) is 7.35. The van der Waals surface area contributed by atoms with Crippen LogP contribution in [0.2, 0.25) is 0 Å². The number of nitrogens with zero attached hydrogens (tertiary/aromatic N) is 5. The minimum absolute atomic E-state index is 0.379. The second-order valence-corrected chi connectivity index (χ2v) is 3.89. The summed E-state index contributed by atoms with van der Waals surface area (Å²) < 4.78 is 3.83. The second-order valence-electron chi connectivity index (χ2n) is 3.89. The van der Waals surface area contributed by atoms with Gasteiger partial charge in [0.15, 0.2) is 0 Å². The van der Waals surface area contributed by atoms with Crippen LogP contribution in [-0.2, 0) is 20.1 Å². The molecular formula is C10H16N6. The SMILES string of the molecule is CC(Cn1ccnc1)NCc1cnnn1C. The number of imidazole rings is 1. The molecule has 0 aliphatic heterocycles. The molecule has 6 nitrogen and oxygen atoms in total. The Balaban J connectivity index is 1.80. The van der Waals surface area contributed by atoms with E-state index in [4.69, 9.17) is 0 Å². The third-order valence-electron chi connectivity index (χ3n) is 2.48. The van der Waals surface area contributed by atoms with Gasteiger partial charge in [0.1, 0.15) is 0 Å². The molecule has 6 heteroatoms. The molecule has 16 heavy (non-hydrogen) atoms. The van der Waals surface area contributed by atoms with E-state index in [1.807, 2.05) is 19.6 Å². The van der Waals surface area contributed by atoms with E-state index in [1.54, 1.807) is 17.1 Å². The molecule has 2 heterocycles. The fourth-order valence-electron chi connectivity index (χ4n) is 1.53. The van der Waals surface area contributed by atoms with Crippen molar-refractivity contribution < 1.29 is 0 Å². The molecule has 0 saturated carbocycles. The molecule has 86 valence electrons. The van der Waals surface area contributed by atoms with Crippen molar-refractivity contribution in [3.05, 3.63) is 30.6 Å². The summed E-state index contributed by atoms with van der Waals surface area (Å²) >= 11 is 0. The number of aryl methyl sites for hydroxylation is 1. The Morgan fingerprint density at radius 1 is 1.50 bits per heavy atom. The summed E-state index contributed by atoms with van der Waals surface area (Å²) in [4.78, 5) is 4.01. The van der Waals surface area contributed by atoms with Crippen molar-refractivity contribution in [2.45, 2.75) is 26.1 Å². The zero-order chi connectivity index (χ0) is 11.4. The summed E-state index contributed by atoms with van der Waals surface area (Å²) in [6.45, 7) is 3.83. The van der Waals surface area contributed by atoms with E-state index < -0.39 is 0 Å². The molecule has 0 spiro atoms. The normalized spacial score (nSPS) is 12.9. The first-order chi connectivity index (χ1) is 7.75. The van der Waals surface area contributed by atoms with Gasteiger partial charge in [0.05, 0.1) is 18.2 Å². The van der Waals surface area contributed by atoms with Crippen molar-refractivity contribution in [2.75, 3.05) is 0 Å². The lowest BCUT2D eigenvalue weighted by molar-refractivity contribution is 0.466.